The third-order valence-corrected chi connectivity index (χ3v) is 4.52. The van der Waals surface area contributed by atoms with E-state index in [2.05, 4.69) is 5.32 Å². The van der Waals surface area contributed by atoms with E-state index in [1.807, 2.05) is 24.3 Å². The molecule has 0 atom stereocenters. The molecule has 1 saturated heterocycles. The molecule has 2 heterocycles. The summed E-state index contributed by atoms with van der Waals surface area (Å²) in [5.41, 5.74) is 2.44. The van der Waals surface area contributed by atoms with Gasteiger partial charge in [0, 0.05) is 36.5 Å². The van der Waals surface area contributed by atoms with Crippen LogP contribution in [-0.2, 0) is 9.59 Å². The highest BCUT2D eigenvalue weighted by Crippen LogP contribution is 2.32. The summed E-state index contributed by atoms with van der Waals surface area (Å²) in [6.07, 6.45) is 4.73. The monoisotopic (exact) mass is 364 g/mol. The Labute approximate surface area is 157 Å². The molecule has 2 aliphatic rings. The Kier molecular flexibility index (Phi) is 4.78. The highest BCUT2D eigenvalue weighted by molar-refractivity contribution is 6.02. The van der Waals surface area contributed by atoms with Crippen molar-refractivity contribution in [1.82, 2.24) is 0 Å². The van der Waals surface area contributed by atoms with Gasteiger partial charge in [-0.2, -0.15) is 0 Å². The zero-order valence-corrected chi connectivity index (χ0v) is 14.8. The Balaban J connectivity index is 1.37. The molecule has 0 unspecified atom stereocenters. The second-order valence-electron chi connectivity index (χ2n) is 6.42. The lowest BCUT2D eigenvalue weighted by Crippen LogP contribution is -2.23. The molecule has 1 N–H and O–H groups in total. The predicted octanol–water partition coefficient (Wildman–Crippen LogP) is 3.24. The van der Waals surface area contributed by atoms with Gasteiger partial charge in [-0.1, -0.05) is 12.1 Å². The minimum Gasteiger partial charge on any atom is -0.486 e. The first-order valence-corrected chi connectivity index (χ1v) is 8.98. The quantitative estimate of drug-likeness (QED) is 0.846. The van der Waals surface area contributed by atoms with E-state index in [0.29, 0.717) is 36.8 Å². The van der Waals surface area contributed by atoms with Gasteiger partial charge < -0.3 is 19.7 Å². The van der Waals surface area contributed by atoms with Gasteiger partial charge in [0.1, 0.15) is 13.2 Å². The number of anilines is 2. The average molecular weight is 364 g/mol. The zero-order valence-electron chi connectivity index (χ0n) is 14.8. The summed E-state index contributed by atoms with van der Waals surface area (Å²) in [6.45, 7) is 1.81. The largest absolute Gasteiger partial charge is 0.486 e. The number of ether oxygens (including phenoxy) is 2. The summed E-state index contributed by atoms with van der Waals surface area (Å²) >= 11 is 0. The number of nitrogens with zero attached hydrogens (tertiary/aromatic N) is 1. The molecule has 0 aliphatic carbocycles. The van der Waals surface area contributed by atoms with Crippen molar-refractivity contribution in [3.05, 3.63) is 54.1 Å². The van der Waals surface area contributed by atoms with E-state index in [4.69, 9.17) is 9.47 Å². The average Bonchev–Trinajstić information content (AvgIpc) is 3.12. The van der Waals surface area contributed by atoms with Crippen LogP contribution in [0.15, 0.2) is 48.5 Å². The molecular formula is C21H20N2O4. The van der Waals surface area contributed by atoms with Crippen LogP contribution in [-0.4, -0.2) is 31.6 Å². The second kappa shape index (κ2) is 7.53. The molecule has 2 amide bonds. The summed E-state index contributed by atoms with van der Waals surface area (Å²) in [5.74, 6) is 1.25. The van der Waals surface area contributed by atoms with E-state index in [1.54, 1.807) is 29.2 Å². The van der Waals surface area contributed by atoms with Crippen LogP contribution in [0.1, 0.15) is 18.4 Å². The molecule has 2 aromatic rings. The van der Waals surface area contributed by atoms with Gasteiger partial charge in [0.15, 0.2) is 11.5 Å². The molecule has 6 heteroatoms. The number of fused-ring (bicyclic) bond motifs is 1. The lowest BCUT2D eigenvalue weighted by Gasteiger charge is -2.18. The molecule has 0 saturated carbocycles. The first-order chi connectivity index (χ1) is 13.2. The van der Waals surface area contributed by atoms with Crippen molar-refractivity contribution in [1.29, 1.82) is 0 Å². The molecule has 27 heavy (non-hydrogen) atoms. The lowest BCUT2D eigenvalue weighted by molar-refractivity contribution is -0.117. The first-order valence-electron chi connectivity index (χ1n) is 8.98. The molecule has 2 aliphatic heterocycles. The van der Waals surface area contributed by atoms with Crippen LogP contribution >= 0.6 is 0 Å². The molecule has 0 aromatic heterocycles. The summed E-state index contributed by atoms with van der Waals surface area (Å²) in [5, 5.41) is 2.81. The smallest absolute Gasteiger partial charge is 0.248 e. The molecule has 0 bridgehead atoms. The number of carbonyl (C=O) groups is 2. The highest BCUT2D eigenvalue weighted by atomic mass is 16.6. The predicted molar refractivity (Wildman–Crippen MR) is 103 cm³/mol. The standard InChI is InChI=1S/C21H20N2O4/c24-20(22-16-6-9-18-19(14-16)27-13-12-26-18)10-5-15-3-7-17(8-4-15)23-11-1-2-21(23)25/h3-10,14H,1-2,11-13H2,(H,22,24). The Morgan fingerprint density at radius 2 is 1.81 bits per heavy atom. The van der Waals surface area contributed by atoms with Gasteiger partial charge in [-0.25, -0.2) is 0 Å². The van der Waals surface area contributed by atoms with Gasteiger partial charge >= 0.3 is 0 Å². The fraction of sp³-hybridized carbons (Fsp3) is 0.238. The van der Waals surface area contributed by atoms with Crippen molar-refractivity contribution < 1.29 is 19.1 Å². The topological polar surface area (TPSA) is 67.9 Å². The van der Waals surface area contributed by atoms with E-state index in [9.17, 15) is 9.59 Å². The van der Waals surface area contributed by atoms with Crippen molar-refractivity contribution in [2.24, 2.45) is 0 Å². The van der Waals surface area contributed by atoms with Gasteiger partial charge in [-0.3, -0.25) is 9.59 Å². The van der Waals surface area contributed by atoms with Gasteiger partial charge in [-0.15, -0.1) is 0 Å². The number of carbonyl (C=O) groups excluding carboxylic acids is 2. The molecular weight excluding hydrogens is 344 g/mol. The molecule has 0 spiro atoms. The maximum absolute atomic E-state index is 12.2. The Morgan fingerprint density at radius 3 is 2.56 bits per heavy atom. The molecule has 138 valence electrons. The molecule has 6 nitrogen and oxygen atoms in total. The van der Waals surface area contributed by atoms with E-state index in [-0.39, 0.29) is 11.8 Å². The van der Waals surface area contributed by atoms with Crippen molar-refractivity contribution >= 4 is 29.3 Å². The second-order valence-corrected chi connectivity index (χ2v) is 6.42. The minimum absolute atomic E-state index is 0.164. The van der Waals surface area contributed by atoms with E-state index in [1.165, 1.54) is 6.08 Å². The molecule has 1 fully saturated rings. The van der Waals surface area contributed by atoms with E-state index < -0.39 is 0 Å². The van der Waals surface area contributed by atoms with Crippen LogP contribution < -0.4 is 19.7 Å². The highest BCUT2D eigenvalue weighted by Gasteiger charge is 2.21. The van der Waals surface area contributed by atoms with Gasteiger partial charge in [0.05, 0.1) is 0 Å². The van der Waals surface area contributed by atoms with Crippen LogP contribution in [0, 0.1) is 0 Å². The number of hydrogen-bond donors (Lipinski definition) is 1. The normalized spacial score (nSPS) is 16.0. The maximum atomic E-state index is 12.2. The Morgan fingerprint density at radius 1 is 1.04 bits per heavy atom. The van der Waals surface area contributed by atoms with E-state index >= 15 is 0 Å². The molecule has 2 aromatic carbocycles. The molecule has 4 rings (SSSR count). The minimum atomic E-state index is -0.231. The van der Waals surface area contributed by atoms with Gasteiger partial charge in [0.2, 0.25) is 11.8 Å². The summed E-state index contributed by atoms with van der Waals surface area (Å²) in [6, 6.07) is 12.9. The van der Waals surface area contributed by atoms with Crippen molar-refractivity contribution in [2.45, 2.75) is 12.8 Å². The van der Waals surface area contributed by atoms with Crippen LogP contribution in [0.3, 0.4) is 0 Å². The Bertz CT molecular complexity index is 890. The van der Waals surface area contributed by atoms with Crippen LogP contribution in [0.4, 0.5) is 11.4 Å². The molecule has 0 radical (unpaired) electrons. The lowest BCUT2D eigenvalue weighted by atomic mass is 10.2. The van der Waals surface area contributed by atoms with Crippen molar-refractivity contribution in [3.63, 3.8) is 0 Å². The third kappa shape index (κ3) is 3.95. The van der Waals surface area contributed by atoms with Crippen LogP contribution in [0.25, 0.3) is 6.08 Å². The number of rotatable bonds is 4. The summed E-state index contributed by atoms with van der Waals surface area (Å²) in [7, 11) is 0. The zero-order chi connectivity index (χ0) is 18.6. The third-order valence-electron chi connectivity index (χ3n) is 4.52. The number of amides is 2. The first kappa shape index (κ1) is 17.1. The fourth-order valence-corrected chi connectivity index (χ4v) is 3.16. The summed E-state index contributed by atoms with van der Waals surface area (Å²) < 4.78 is 11.0. The van der Waals surface area contributed by atoms with Crippen LogP contribution in [0.2, 0.25) is 0 Å². The van der Waals surface area contributed by atoms with Crippen molar-refractivity contribution in [2.75, 3.05) is 30.0 Å². The van der Waals surface area contributed by atoms with E-state index in [0.717, 1.165) is 24.2 Å². The number of hydrogen-bond acceptors (Lipinski definition) is 4. The van der Waals surface area contributed by atoms with Gasteiger partial charge in [-0.05, 0) is 42.3 Å². The number of nitrogens with one attached hydrogen (secondary N) is 1. The fourth-order valence-electron chi connectivity index (χ4n) is 3.16. The maximum Gasteiger partial charge on any atom is 0.248 e. The van der Waals surface area contributed by atoms with Gasteiger partial charge in [0.25, 0.3) is 0 Å². The summed E-state index contributed by atoms with van der Waals surface area (Å²) in [4.78, 5) is 25.7. The van der Waals surface area contributed by atoms with Crippen molar-refractivity contribution in [3.8, 4) is 11.5 Å². The van der Waals surface area contributed by atoms with Crippen LogP contribution in [0.5, 0.6) is 11.5 Å². The SMILES string of the molecule is O=C(C=Cc1ccc(N2CCCC2=O)cc1)Nc1ccc2c(c1)OCCO2. The Hall–Kier alpha value is -3.28. The number of benzene rings is 2.